The Morgan fingerprint density at radius 1 is 0.947 bits per heavy atom. The van der Waals surface area contributed by atoms with Crippen LogP contribution in [0.5, 0.6) is 0 Å². The SMILES string of the molecule is Clc1nnc(Cl)c(N2CCN(C3CCCC3)CC2)n1. The molecule has 2 heterocycles. The fourth-order valence-corrected chi connectivity index (χ4v) is 3.37. The van der Waals surface area contributed by atoms with Gasteiger partial charge in [0.1, 0.15) is 0 Å². The maximum absolute atomic E-state index is 6.04. The fraction of sp³-hybridized carbons (Fsp3) is 0.750. The van der Waals surface area contributed by atoms with Crippen molar-refractivity contribution >= 4 is 29.0 Å². The van der Waals surface area contributed by atoms with Crippen LogP contribution < -0.4 is 4.90 Å². The maximum atomic E-state index is 6.04. The van der Waals surface area contributed by atoms with Crippen LogP contribution in [0.15, 0.2) is 0 Å². The van der Waals surface area contributed by atoms with Gasteiger partial charge < -0.3 is 4.90 Å². The second-order valence-corrected chi connectivity index (χ2v) is 5.85. The highest BCUT2D eigenvalue weighted by molar-refractivity contribution is 6.32. The molecule has 7 heteroatoms. The van der Waals surface area contributed by atoms with Crippen LogP contribution in [0.3, 0.4) is 0 Å². The van der Waals surface area contributed by atoms with Gasteiger partial charge in [0.05, 0.1) is 0 Å². The Bertz CT molecular complexity index is 442. The summed E-state index contributed by atoms with van der Waals surface area (Å²) in [6, 6.07) is 0.782. The van der Waals surface area contributed by atoms with Gasteiger partial charge in [-0.25, -0.2) is 0 Å². The maximum Gasteiger partial charge on any atom is 0.245 e. The van der Waals surface area contributed by atoms with Crippen LogP contribution in [0.1, 0.15) is 25.7 Å². The van der Waals surface area contributed by atoms with E-state index >= 15 is 0 Å². The highest BCUT2D eigenvalue weighted by Crippen LogP contribution is 2.27. The van der Waals surface area contributed by atoms with Crippen molar-refractivity contribution in [3.8, 4) is 0 Å². The van der Waals surface area contributed by atoms with E-state index in [1.165, 1.54) is 25.7 Å². The quantitative estimate of drug-likeness (QED) is 0.838. The van der Waals surface area contributed by atoms with Crippen molar-refractivity contribution in [3.05, 3.63) is 10.4 Å². The lowest BCUT2D eigenvalue weighted by atomic mass is 10.2. The second-order valence-electron chi connectivity index (χ2n) is 5.16. The van der Waals surface area contributed by atoms with Crippen LogP contribution in [0.2, 0.25) is 10.4 Å². The van der Waals surface area contributed by atoms with Crippen LogP contribution in [-0.2, 0) is 0 Å². The molecule has 1 aromatic rings. The average molecular weight is 302 g/mol. The summed E-state index contributed by atoms with van der Waals surface area (Å²) in [6.07, 6.45) is 5.45. The minimum atomic E-state index is 0.151. The van der Waals surface area contributed by atoms with E-state index in [4.69, 9.17) is 23.2 Å². The molecule has 19 heavy (non-hydrogen) atoms. The average Bonchev–Trinajstić information content (AvgIpc) is 2.96. The third-order valence-electron chi connectivity index (χ3n) is 4.06. The third kappa shape index (κ3) is 2.93. The van der Waals surface area contributed by atoms with Gasteiger partial charge in [-0.2, -0.15) is 4.98 Å². The van der Waals surface area contributed by atoms with Gasteiger partial charge in [0.2, 0.25) is 5.28 Å². The molecule has 1 aromatic heterocycles. The molecule has 0 aromatic carbocycles. The van der Waals surface area contributed by atoms with Crippen LogP contribution in [0.25, 0.3) is 0 Å². The summed E-state index contributed by atoms with van der Waals surface area (Å²) >= 11 is 11.8. The van der Waals surface area contributed by atoms with Crippen molar-refractivity contribution in [1.29, 1.82) is 0 Å². The summed E-state index contributed by atoms with van der Waals surface area (Å²) in [6.45, 7) is 3.96. The van der Waals surface area contributed by atoms with E-state index in [0.717, 1.165) is 32.2 Å². The van der Waals surface area contributed by atoms with Gasteiger partial charge in [0.25, 0.3) is 0 Å². The largest absolute Gasteiger partial charge is 0.351 e. The molecule has 5 nitrogen and oxygen atoms in total. The lowest BCUT2D eigenvalue weighted by Crippen LogP contribution is -2.50. The molecule has 0 amide bonds. The lowest BCUT2D eigenvalue weighted by Gasteiger charge is -2.38. The standard InChI is InChI=1S/C12H17Cl2N5/c13-10-11(15-12(14)17-16-10)19-7-5-18(6-8-19)9-3-1-2-4-9/h9H,1-8H2. The molecule has 0 spiro atoms. The van der Waals surface area contributed by atoms with Crippen molar-refractivity contribution in [2.24, 2.45) is 0 Å². The summed E-state index contributed by atoms with van der Waals surface area (Å²) in [5, 5.41) is 7.95. The predicted octanol–water partition coefficient (Wildman–Crippen LogP) is 2.24. The molecule has 2 fully saturated rings. The Kier molecular flexibility index (Phi) is 4.05. The topological polar surface area (TPSA) is 45.2 Å². The highest BCUT2D eigenvalue weighted by atomic mass is 35.5. The summed E-state index contributed by atoms with van der Waals surface area (Å²) in [5.41, 5.74) is 0. The number of nitrogens with zero attached hydrogens (tertiary/aromatic N) is 5. The molecule has 0 unspecified atom stereocenters. The van der Waals surface area contributed by atoms with Crippen LogP contribution >= 0.6 is 23.2 Å². The third-order valence-corrected chi connectivity index (χ3v) is 4.46. The van der Waals surface area contributed by atoms with E-state index in [0.29, 0.717) is 11.0 Å². The van der Waals surface area contributed by atoms with Crippen molar-refractivity contribution in [2.75, 3.05) is 31.1 Å². The van der Waals surface area contributed by atoms with E-state index in [-0.39, 0.29) is 5.28 Å². The summed E-state index contributed by atoms with van der Waals surface area (Å²) < 4.78 is 0. The van der Waals surface area contributed by atoms with E-state index in [2.05, 4.69) is 25.0 Å². The zero-order chi connectivity index (χ0) is 13.2. The van der Waals surface area contributed by atoms with Gasteiger partial charge in [-0.1, -0.05) is 24.4 Å². The van der Waals surface area contributed by atoms with E-state index in [9.17, 15) is 0 Å². The molecule has 1 saturated heterocycles. The molecule has 1 aliphatic heterocycles. The molecule has 1 aliphatic carbocycles. The summed E-state index contributed by atoms with van der Waals surface area (Å²) in [4.78, 5) is 8.92. The first kappa shape index (κ1) is 13.3. The van der Waals surface area contributed by atoms with Crippen LogP contribution in [0, 0.1) is 0 Å². The number of anilines is 1. The molecule has 0 N–H and O–H groups in total. The minimum Gasteiger partial charge on any atom is -0.351 e. The highest BCUT2D eigenvalue weighted by Gasteiger charge is 2.27. The van der Waals surface area contributed by atoms with E-state index in [1.54, 1.807) is 0 Å². The van der Waals surface area contributed by atoms with Crippen LogP contribution in [-0.4, -0.2) is 52.3 Å². The molecule has 0 atom stereocenters. The van der Waals surface area contributed by atoms with Gasteiger partial charge in [0, 0.05) is 32.2 Å². The zero-order valence-electron chi connectivity index (χ0n) is 10.7. The summed E-state index contributed by atoms with van der Waals surface area (Å²) in [7, 11) is 0. The first-order chi connectivity index (χ1) is 9.24. The van der Waals surface area contributed by atoms with Crippen molar-refractivity contribution in [3.63, 3.8) is 0 Å². The predicted molar refractivity (Wildman–Crippen MR) is 75.9 cm³/mol. The van der Waals surface area contributed by atoms with E-state index < -0.39 is 0 Å². The lowest BCUT2D eigenvalue weighted by molar-refractivity contribution is 0.187. The molecular weight excluding hydrogens is 285 g/mol. The molecule has 1 saturated carbocycles. The Morgan fingerprint density at radius 2 is 1.63 bits per heavy atom. The number of piperazine rings is 1. The van der Waals surface area contributed by atoms with Gasteiger partial charge in [-0.15, -0.1) is 10.2 Å². The van der Waals surface area contributed by atoms with Gasteiger partial charge in [0.15, 0.2) is 11.0 Å². The van der Waals surface area contributed by atoms with Crippen LogP contribution in [0.4, 0.5) is 5.82 Å². The number of hydrogen-bond acceptors (Lipinski definition) is 5. The zero-order valence-corrected chi connectivity index (χ0v) is 12.2. The first-order valence-electron chi connectivity index (χ1n) is 6.79. The Balaban J connectivity index is 1.64. The smallest absolute Gasteiger partial charge is 0.245 e. The monoisotopic (exact) mass is 301 g/mol. The van der Waals surface area contributed by atoms with Gasteiger partial charge >= 0.3 is 0 Å². The normalized spacial score (nSPS) is 22.1. The Labute approximate surface area is 122 Å². The van der Waals surface area contributed by atoms with Crippen molar-refractivity contribution in [1.82, 2.24) is 20.1 Å². The Hall–Kier alpha value is -0.650. The number of halogens is 2. The minimum absolute atomic E-state index is 0.151. The number of aromatic nitrogens is 3. The molecule has 0 radical (unpaired) electrons. The second kappa shape index (κ2) is 5.77. The molecule has 104 valence electrons. The molecule has 3 rings (SSSR count). The first-order valence-corrected chi connectivity index (χ1v) is 7.54. The fourth-order valence-electron chi connectivity index (χ4n) is 3.06. The molecular formula is C12H17Cl2N5. The van der Waals surface area contributed by atoms with Crippen molar-refractivity contribution < 1.29 is 0 Å². The van der Waals surface area contributed by atoms with Crippen molar-refractivity contribution in [2.45, 2.75) is 31.7 Å². The molecule has 2 aliphatic rings. The van der Waals surface area contributed by atoms with Gasteiger partial charge in [-0.05, 0) is 24.4 Å². The van der Waals surface area contributed by atoms with Gasteiger partial charge in [-0.3, -0.25) is 4.90 Å². The molecule has 0 bridgehead atoms. The number of hydrogen-bond donors (Lipinski definition) is 0. The Morgan fingerprint density at radius 3 is 2.32 bits per heavy atom. The summed E-state index contributed by atoms with van der Waals surface area (Å²) in [5.74, 6) is 0.660. The van der Waals surface area contributed by atoms with E-state index in [1.807, 2.05) is 0 Å². The number of rotatable bonds is 2.